The maximum atomic E-state index is 11.3. The summed E-state index contributed by atoms with van der Waals surface area (Å²) in [7, 11) is 0. The molecule has 3 nitrogen and oxygen atoms in total. The number of aryl methyl sites for hydroxylation is 1. The van der Waals surface area contributed by atoms with Crippen LogP contribution in [0.1, 0.15) is 37.5 Å². The molecule has 0 unspecified atom stereocenters. The monoisotopic (exact) mass is 296 g/mol. The Morgan fingerprint density at radius 2 is 2.05 bits per heavy atom. The van der Waals surface area contributed by atoms with Crippen LogP contribution in [0.25, 0.3) is 11.0 Å². The third-order valence-corrected chi connectivity index (χ3v) is 4.09. The third-order valence-electron chi connectivity index (χ3n) is 4.09. The van der Waals surface area contributed by atoms with Crippen LogP contribution in [0.2, 0.25) is 0 Å². The minimum atomic E-state index is -0.0514. The molecule has 3 rings (SSSR count). The fourth-order valence-electron chi connectivity index (χ4n) is 2.86. The lowest BCUT2D eigenvalue weighted by molar-refractivity contribution is -0.114. The van der Waals surface area contributed by atoms with E-state index < -0.39 is 0 Å². The van der Waals surface area contributed by atoms with Crippen LogP contribution in [0.15, 0.2) is 52.2 Å². The van der Waals surface area contributed by atoms with E-state index in [1.165, 1.54) is 0 Å². The summed E-state index contributed by atoms with van der Waals surface area (Å²) < 4.78 is 6.00. The van der Waals surface area contributed by atoms with Crippen LogP contribution in [0, 0.1) is 0 Å². The molecule has 1 aliphatic rings. The van der Waals surface area contributed by atoms with Gasteiger partial charge in [0.05, 0.1) is 6.42 Å². The minimum Gasteiger partial charge on any atom is -0.512 e. The molecule has 1 aromatic carbocycles. The highest BCUT2D eigenvalue weighted by Gasteiger charge is 2.18. The summed E-state index contributed by atoms with van der Waals surface area (Å²) in [5, 5.41) is 11.2. The summed E-state index contributed by atoms with van der Waals surface area (Å²) in [6.45, 7) is 2.16. The van der Waals surface area contributed by atoms with Crippen molar-refractivity contribution < 1.29 is 14.3 Å². The van der Waals surface area contributed by atoms with E-state index in [9.17, 15) is 9.90 Å². The van der Waals surface area contributed by atoms with Crippen LogP contribution in [-0.2, 0) is 17.6 Å². The molecular formula is C19H20O3. The SMILES string of the molecule is CCCCc1oc2ccccc2c1CC1=C(O)CC(=O)C=C1. The fraction of sp³-hybridized carbons (Fsp3) is 0.316. The van der Waals surface area contributed by atoms with Crippen LogP contribution in [0.5, 0.6) is 0 Å². The summed E-state index contributed by atoms with van der Waals surface area (Å²) >= 11 is 0. The number of allylic oxidation sites excluding steroid dienone is 4. The number of rotatable bonds is 5. The molecule has 3 heteroatoms. The first-order chi connectivity index (χ1) is 10.7. The normalized spacial score (nSPS) is 15.0. The maximum absolute atomic E-state index is 11.3. The predicted molar refractivity (Wildman–Crippen MR) is 86.9 cm³/mol. The number of unbranched alkanes of at least 4 members (excludes halogenated alkanes) is 1. The van der Waals surface area contributed by atoms with E-state index in [-0.39, 0.29) is 18.0 Å². The first-order valence-corrected chi connectivity index (χ1v) is 7.80. The number of carbonyl (C=O) groups excluding carboxylic acids is 1. The van der Waals surface area contributed by atoms with Crippen molar-refractivity contribution in [2.75, 3.05) is 0 Å². The number of aliphatic hydroxyl groups is 1. The molecule has 0 atom stereocenters. The lowest BCUT2D eigenvalue weighted by Crippen LogP contribution is -2.06. The van der Waals surface area contributed by atoms with E-state index in [4.69, 9.17) is 4.42 Å². The molecule has 114 valence electrons. The van der Waals surface area contributed by atoms with Gasteiger partial charge in [0.2, 0.25) is 0 Å². The van der Waals surface area contributed by atoms with E-state index in [0.29, 0.717) is 6.42 Å². The van der Waals surface area contributed by atoms with Crippen molar-refractivity contribution in [2.24, 2.45) is 0 Å². The summed E-state index contributed by atoms with van der Waals surface area (Å²) in [6, 6.07) is 8.00. The van der Waals surface area contributed by atoms with E-state index in [1.54, 1.807) is 12.2 Å². The van der Waals surface area contributed by atoms with Gasteiger partial charge >= 0.3 is 0 Å². The third kappa shape index (κ3) is 2.84. The number of benzene rings is 1. The van der Waals surface area contributed by atoms with E-state index in [1.807, 2.05) is 18.2 Å². The second-order valence-corrected chi connectivity index (χ2v) is 5.73. The van der Waals surface area contributed by atoms with Crippen LogP contribution < -0.4 is 0 Å². The number of para-hydroxylation sites is 1. The molecule has 1 aromatic heterocycles. The Hall–Kier alpha value is -2.29. The van der Waals surface area contributed by atoms with Gasteiger partial charge in [-0.05, 0) is 24.1 Å². The number of carbonyl (C=O) groups is 1. The number of hydrogen-bond acceptors (Lipinski definition) is 3. The van der Waals surface area contributed by atoms with Crippen LogP contribution in [0.4, 0.5) is 0 Å². The van der Waals surface area contributed by atoms with E-state index in [0.717, 1.165) is 47.1 Å². The van der Waals surface area contributed by atoms with Crippen molar-refractivity contribution in [3.8, 4) is 0 Å². The van der Waals surface area contributed by atoms with E-state index in [2.05, 4.69) is 13.0 Å². The molecule has 0 saturated heterocycles. The Morgan fingerprint density at radius 1 is 1.23 bits per heavy atom. The van der Waals surface area contributed by atoms with Gasteiger partial charge < -0.3 is 9.52 Å². The average Bonchev–Trinajstić information content (AvgIpc) is 2.86. The van der Waals surface area contributed by atoms with Crippen molar-refractivity contribution in [1.29, 1.82) is 0 Å². The topological polar surface area (TPSA) is 50.4 Å². The molecule has 22 heavy (non-hydrogen) atoms. The number of fused-ring (bicyclic) bond motifs is 1. The molecule has 2 aromatic rings. The Morgan fingerprint density at radius 3 is 2.82 bits per heavy atom. The van der Waals surface area contributed by atoms with Crippen LogP contribution in [-0.4, -0.2) is 10.9 Å². The van der Waals surface area contributed by atoms with Gasteiger partial charge in [-0.2, -0.15) is 0 Å². The van der Waals surface area contributed by atoms with Crippen LogP contribution >= 0.6 is 0 Å². The number of ketones is 1. The zero-order valence-electron chi connectivity index (χ0n) is 12.8. The molecule has 0 saturated carbocycles. The van der Waals surface area contributed by atoms with Gasteiger partial charge in [-0.15, -0.1) is 0 Å². The molecule has 0 amide bonds. The fourth-order valence-corrected chi connectivity index (χ4v) is 2.86. The van der Waals surface area contributed by atoms with E-state index >= 15 is 0 Å². The second-order valence-electron chi connectivity index (χ2n) is 5.73. The molecule has 0 radical (unpaired) electrons. The van der Waals surface area contributed by atoms with Gasteiger partial charge in [0.1, 0.15) is 17.1 Å². The highest BCUT2D eigenvalue weighted by molar-refractivity contribution is 5.93. The number of furan rings is 1. The van der Waals surface area contributed by atoms with Gasteiger partial charge in [0.15, 0.2) is 5.78 Å². The molecule has 0 fully saturated rings. The second kappa shape index (κ2) is 6.22. The van der Waals surface area contributed by atoms with Crippen LogP contribution in [0.3, 0.4) is 0 Å². The average molecular weight is 296 g/mol. The molecular weight excluding hydrogens is 276 g/mol. The smallest absolute Gasteiger partial charge is 0.163 e. The first kappa shape index (κ1) is 14.6. The maximum Gasteiger partial charge on any atom is 0.163 e. The zero-order valence-corrected chi connectivity index (χ0v) is 12.8. The van der Waals surface area contributed by atoms with Crippen molar-refractivity contribution >= 4 is 16.8 Å². The Labute approximate surface area is 129 Å². The Bertz CT molecular complexity index is 762. The highest BCUT2D eigenvalue weighted by Crippen LogP contribution is 2.31. The standard InChI is InChI=1S/C19H20O3/c1-2-3-7-19-16(15-6-4-5-8-18(15)22-19)11-13-9-10-14(20)12-17(13)21/h4-6,8-10,21H,2-3,7,11-12H2,1H3. The van der Waals surface area contributed by atoms with Crippen molar-refractivity contribution in [2.45, 2.75) is 39.0 Å². The van der Waals surface area contributed by atoms with Crippen molar-refractivity contribution in [3.05, 3.63) is 59.1 Å². The lowest BCUT2D eigenvalue weighted by Gasteiger charge is -2.11. The summed E-state index contributed by atoms with van der Waals surface area (Å²) in [4.78, 5) is 11.3. The summed E-state index contributed by atoms with van der Waals surface area (Å²) in [6.07, 6.45) is 7.06. The largest absolute Gasteiger partial charge is 0.512 e. The molecule has 1 N–H and O–H groups in total. The summed E-state index contributed by atoms with van der Waals surface area (Å²) in [5.74, 6) is 1.12. The van der Waals surface area contributed by atoms with Gasteiger partial charge in [-0.3, -0.25) is 4.79 Å². The quantitative estimate of drug-likeness (QED) is 0.873. The molecule has 0 aliphatic heterocycles. The van der Waals surface area contributed by atoms with Crippen molar-refractivity contribution in [1.82, 2.24) is 0 Å². The lowest BCUT2D eigenvalue weighted by atomic mass is 9.95. The molecule has 0 bridgehead atoms. The highest BCUT2D eigenvalue weighted by atomic mass is 16.3. The Balaban J connectivity index is 1.99. The molecule has 1 aliphatic carbocycles. The zero-order chi connectivity index (χ0) is 15.5. The predicted octanol–water partition coefficient (Wildman–Crippen LogP) is 4.66. The minimum absolute atomic E-state index is 0.0514. The van der Waals surface area contributed by atoms with Gasteiger partial charge in [0, 0.05) is 23.8 Å². The van der Waals surface area contributed by atoms with Gasteiger partial charge in [0.25, 0.3) is 0 Å². The van der Waals surface area contributed by atoms with Gasteiger partial charge in [-0.25, -0.2) is 0 Å². The summed E-state index contributed by atoms with van der Waals surface area (Å²) in [5.41, 5.74) is 2.83. The van der Waals surface area contributed by atoms with Gasteiger partial charge in [-0.1, -0.05) is 37.6 Å². The van der Waals surface area contributed by atoms with Crippen molar-refractivity contribution in [3.63, 3.8) is 0 Å². The number of hydrogen-bond donors (Lipinski definition) is 1. The number of aliphatic hydroxyl groups excluding tert-OH is 1. The molecule has 0 spiro atoms. The first-order valence-electron chi connectivity index (χ1n) is 7.80. The Kier molecular flexibility index (Phi) is 4.14. The molecule has 1 heterocycles.